The molecule has 0 aliphatic heterocycles. The second kappa shape index (κ2) is 5.80. The van der Waals surface area contributed by atoms with Crippen LogP contribution in [0.2, 0.25) is 0 Å². The molecule has 0 bridgehead atoms. The Balaban J connectivity index is 0.00000121. The van der Waals surface area contributed by atoms with E-state index in [1.54, 1.807) is 24.3 Å². The zero-order chi connectivity index (χ0) is 8.10. The van der Waals surface area contributed by atoms with Crippen molar-refractivity contribution in [2.45, 2.75) is 0 Å². The Morgan fingerprint density at radius 1 is 1.33 bits per heavy atom. The summed E-state index contributed by atoms with van der Waals surface area (Å²) in [5.74, 6) is 0. The molecule has 1 rings (SSSR count). The fourth-order valence-corrected chi connectivity index (χ4v) is 0.671. The van der Waals surface area contributed by atoms with Crippen molar-refractivity contribution in [1.82, 2.24) is 0 Å². The van der Waals surface area contributed by atoms with Gasteiger partial charge in [0, 0.05) is 45.7 Å². The molecule has 1 aromatic carbocycles. The summed E-state index contributed by atoms with van der Waals surface area (Å²) in [6.07, 6.45) is 0.736. The van der Waals surface area contributed by atoms with E-state index in [1.807, 2.05) is 0 Å². The van der Waals surface area contributed by atoms with E-state index >= 15 is 0 Å². The maximum atomic E-state index is 10.2. The number of aldehydes is 1. The smallest absolute Gasteiger partial charge is 0.150 e. The Labute approximate surface area is 91.5 Å². The molecule has 0 aliphatic rings. The number of carbonyl (C=O) groups excluding carboxylic acids is 1. The molecule has 0 heterocycles. The number of azide groups is 1. The minimum atomic E-state index is 0. The number of hydrogen-bond acceptors (Lipinski definition) is 2. The molecule has 0 aromatic heterocycles. The molecule has 0 amide bonds. The van der Waals surface area contributed by atoms with Gasteiger partial charge < -0.3 is 0 Å². The van der Waals surface area contributed by atoms with Crippen LogP contribution < -0.4 is 0 Å². The Bertz CT molecular complexity index is 303. The first-order chi connectivity index (χ1) is 5.36. The summed E-state index contributed by atoms with van der Waals surface area (Å²) in [7, 11) is 0. The van der Waals surface area contributed by atoms with Crippen molar-refractivity contribution in [3.05, 3.63) is 40.3 Å². The third-order valence-corrected chi connectivity index (χ3v) is 1.19. The number of benzene rings is 1. The van der Waals surface area contributed by atoms with E-state index in [9.17, 15) is 4.79 Å². The number of rotatable bonds is 2. The summed E-state index contributed by atoms with van der Waals surface area (Å²) < 4.78 is 0. The standard InChI is InChI=1S/C7H5N3O.Na/c8-10-9-7-3-1-6(5-11)2-4-7;/h1-5H;. The van der Waals surface area contributed by atoms with Gasteiger partial charge in [-0.05, 0) is 5.53 Å². The van der Waals surface area contributed by atoms with Crippen molar-refractivity contribution in [3.63, 3.8) is 0 Å². The van der Waals surface area contributed by atoms with Gasteiger partial charge in [0.2, 0.25) is 0 Å². The van der Waals surface area contributed by atoms with Gasteiger partial charge in [-0.1, -0.05) is 29.4 Å². The van der Waals surface area contributed by atoms with E-state index in [2.05, 4.69) is 10.0 Å². The number of hydrogen-bond donors (Lipinski definition) is 0. The molecule has 1 aromatic rings. The second-order valence-electron chi connectivity index (χ2n) is 1.90. The first kappa shape index (κ1) is 11.2. The molecule has 0 spiro atoms. The van der Waals surface area contributed by atoms with Crippen LogP contribution in [0.25, 0.3) is 10.4 Å². The van der Waals surface area contributed by atoms with Gasteiger partial charge in [0.05, 0.1) is 0 Å². The van der Waals surface area contributed by atoms with Gasteiger partial charge in [0.15, 0.2) is 0 Å². The molecule has 4 nitrogen and oxygen atoms in total. The molecule has 0 aliphatic carbocycles. The Kier molecular flexibility index (Phi) is 5.41. The first-order valence-corrected chi connectivity index (χ1v) is 2.97. The van der Waals surface area contributed by atoms with Gasteiger partial charge in [-0.25, -0.2) is 0 Å². The number of carbonyl (C=O) groups is 1. The van der Waals surface area contributed by atoms with E-state index in [1.165, 1.54) is 0 Å². The van der Waals surface area contributed by atoms with Gasteiger partial charge in [0.25, 0.3) is 0 Å². The van der Waals surface area contributed by atoms with Crippen LogP contribution in [0.3, 0.4) is 0 Å². The Morgan fingerprint density at radius 2 is 1.92 bits per heavy atom. The van der Waals surface area contributed by atoms with Crippen LogP contribution in [0, 0.1) is 0 Å². The molecule has 0 atom stereocenters. The average Bonchev–Trinajstić information content (AvgIpc) is 2.07. The van der Waals surface area contributed by atoms with Gasteiger partial charge in [-0.2, -0.15) is 0 Å². The average molecular weight is 170 g/mol. The summed E-state index contributed by atoms with van der Waals surface area (Å²) in [5, 5.41) is 3.35. The van der Waals surface area contributed by atoms with Crippen LogP contribution in [-0.2, 0) is 0 Å². The molecule has 0 saturated heterocycles. The molecule has 1 radical (unpaired) electrons. The molecule has 5 heteroatoms. The van der Waals surface area contributed by atoms with E-state index in [-0.39, 0.29) is 29.6 Å². The van der Waals surface area contributed by atoms with Crippen molar-refractivity contribution in [2.24, 2.45) is 5.11 Å². The fraction of sp³-hybridized carbons (Fsp3) is 0. The molecule has 0 fully saturated rings. The third-order valence-electron chi connectivity index (χ3n) is 1.19. The summed E-state index contributed by atoms with van der Waals surface area (Å²) in [5.41, 5.74) is 9.12. The SMILES string of the molecule is [N-]=[N+]=Nc1ccc(C=O)cc1.[Na]. The largest absolute Gasteiger partial charge is 0.298 e. The van der Waals surface area contributed by atoms with E-state index in [4.69, 9.17) is 5.53 Å². The summed E-state index contributed by atoms with van der Waals surface area (Å²) in [4.78, 5) is 12.8. The summed E-state index contributed by atoms with van der Waals surface area (Å²) in [6, 6.07) is 6.36. The van der Waals surface area contributed by atoms with E-state index < -0.39 is 0 Å². The van der Waals surface area contributed by atoms with Crippen molar-refractivity contribution in [1.29, 1.82) is 0 Å². The van der Waals surface area contributed by atoms with Gasteiger partial charge in [-0.15, -0.1) is 0 Å². The summed E-state index contributed by atoms with van der Waals surface area (Å²) in [6.45, 7) is 0. The van der Waals surface area contributed by atoms with Crippen molar-refractivity contribution in [2.75, 3.05) is 0 Å². The van der Waals surface area contributed by atoms with Crippen LogP contribution in [-0.4, -0.2) is 35.8 Å². The molecule has 55 valence electrons. The quantitative estimate of drug-likeness (QED) is 0.220. The molecule has 0 saturated carbocycles. The zero-order valence-electron chi connectivity index (χ0n) is 6.64. The van der Waals surface area contributed by atoms with Gasteiger partial charge >= 0.3 is 0 Å². The minimum Gasteiger partial charge on any atom is -0.298 e. The minimum absolute atomic E-state index is 0. The topological polar surface area (TPSA) is 65.8 Å². The first-order valence-electron chi connectivity index (χ1n) is 2.97. The maximum absolute atomic E-state index is 10.2. The predicted octanol–water partition coefficient (Wildman–Crippen LogP) is 2.06. The molecule has 0 N–H and O–H groups in total. The van der Waals surface area contributed by atoms with Crippen molar-refractivity contribution in [3.8, 4) is 0 Å². The van der Waals surface area contributed by atoms with Crippen molar-refractivity contribution >= 4 is 41.5 Å². The van der Waals surface area contributed by atoms with Crippen LogP contribution in [0.5, 0.6) is 0 Å². The molecular weight excluding hydrogens is 165 g/mol. The van der Waals surface area contributed by atoms with E-state index in [0.29, 0.717) is 11.3 Å². The molecule has 0 unspecified atom stereocenters. The van der Waals surface area contributed by atoms with Crippen LogP contribution in [0.1, 0.15) is 10.4 Å². The van der Waals surface area contributed by atoms with Crippen molar-refractivity contribution < 1.29 is 4.79 Å². The third kappa shape index (κ3) is 3.07. The fourth-order valence-electron chi connectivity index (χ4n) is 0.671. The number of nitrogens with zero attached hydrogens (tertiary/aromatic N) is 3. The van der Waals surface area contributed by atoms with Crippen LogP contribution in [0.4, 0.5) is 5.69 Å². The normalized spacial score (nSPS) is 7.67. The van der Waals surface area contributed by atoms with Gasteiger partial charge in [-0.3, -0.25) is 4.79 Å². The predicted molar refractivity (Wildman–Crippen MR) is 46.4 cm³/mol. The van der Waals surface area contributed by atoms with Gasteiger partial charge in [0.1, 0.15) is 6.29 Å². The van der Waals surface area contributed by atoms with Crippen LogP contribution in [0.15, 0.2) is 29.4 Å². The Morgan fingerprint density at radius 3 is 2.33 bits per heavy atom. The van der Waals surface area contributed by atoms with Crippen LogP contribution >= 0.6 is 0 Å². The Hall–Kier alpha value is -0.800. The monoisotopic (exact) mass is 170 g/mol. The summed E-state index contributed by atoms with van der Waals surface area (Å²) >= 11 is 0. The molecule has 12 heavy (non-hydrogen) atoms. The zero-order valence-corrected chi connectivity index (χ0v) is 8.64. The molecular formula is C7H5N3NaO. The van der Waals surface area contributed by atoms with E-state index in [0.717, 1.165) is 6.29 Å². The second-order valence-corrected chi connectivity index (χ2v) is 1.90. The maximum Gasteiger partial charge on any atom is 0.150 e.